The number of piperazine rings is 1. The Morgan fingerprint density at radius 2 is 1.53 bits per heavy atom. The molecule has 0 spiro atoms. The van der Waals surface area contributed by atoms with Gasteiger partial charge in [0.25, 0.3) is 5.91 Å². The number of tetrazole rings is 1. The van der Waals surface area contributed by atoms with Crippen molar-refractivity contribution >= 4 is 41.0 Å². The lowest BCUT2D eigenvalue weighted by atomic mass is 9.71. The highest BCUT2D eigenvalue weighted by molar-refractivity contribution is 6.41. The van der Waals surface area contributed by atoms with Gasteiger partial charge in [-0.05, 0) is 111 Å². The third kappa shape index (κ3) is 12.0. The molecule has 3 heterocycles. The molecule has 13 nitrogen and oxygen atoms in total. The van der Waals surface area contributed by atoms with Gasteiger partial charge in [-0.3, -0.25) is 19.3 Å². The van der Waals surface area contributed by atoms with E-state index in [1.165, 1.54) is 11.0 Å². The van der Waals surface area contributed by atoms with Crippen LogP contribution in [0.2, 0.25) is 10.0 Å². The summed E-state index contributed by atoms with van der Waals surface area (Å²) in [5, 5.41) is 12.5. The first-order chi connectivity index (χ1) is 28.0. The van der Waals surface area contributed by atoms with E-state index < -0.39 is 5.41 Å². The molecule has 0 bridgehead atoms. The molecule has 0 aliphatic carbocycles. The van der Waals surface area contributed by atoms with Crippen molar-refractivity contribution in [2.45, 2.75) is 51.4 Å². The fourth-order valence-corrected chi connectivity index (χ4v) is 7.95. The maximum atomic E-state index is 14.3. The number of nitrogens with zero attached hydrogens (tertiary/aromatic N) is 8. The molecule has 1 unspecified atom stereocenters. The van der Waals surface area contributed by atoms with Crippen LogP contribution in [0.4, 0.5) is 0 Å². The van der Waals surface area contributed by atoms with Crippen LogP contribution in [-0.2, 0) is 19.7 Å². The highest BCUT2D eigenvalue weighted by Crippen LogP contribution is 2.38. The molecule has 15 heteroatoms. The van der Waals surface area contributed by atoms with E-state index in [1.54, 1.807) is 36.3 Å². The monoisotopic (exact) mass is 834 g/mol. The Hall–Kier alpha value is -4.56. The molecule has 58 heavy (non-hydrogen) atoms. The number of esters is 1. The number of rotatable bonds is 15. The number of piperidine rings is 1. The Balaban J connectivity index is 0.000000714. The predicted octanol–water partition coefficient (Wildman–Crippen LogP) is 6.28. The first-order valence-electron chi connectivity index (χ1n) is 20.1. The van der Waals surface area contributed by atoms with Gasteiger partial charge in [0, 0.05) is 46.2 Å². The molecule has 2 amide bonds. The van der Waals surface area contributed by atoms with Crippen LogP contribution in [0, 0.1) is 5.92 Å². The van der Waals surface area contributed by atoms with Gasteiger partial charge >= 0.3 is 5.97 Å². The summed E-state index contributed by atoms with van der Waals surface area (Å²) in [7, 11) is 3.38. The normalized spacial score (nSPS) is 16.1. The molecular weight excluding hydrogens is 779 g/mol. The van der Waals surface area contributed by atoms with Crippen molar-refractivity contribution in [1.82, 2.24) is 39.8 Å². The third-order valence-electron chi connectivity index (χ3n) is 11.0. The van der Waals surface area contributed by atoms with E-state index in [4.69, 9.17) is 32.7 Å². The molecule has 3 aromatic carbocycles. The maximum Gasteiger partial charge on any atom is 0.305 e. The Morgan fingerprint density at radius 1 is 0.879 bits per heavy atom. The summed E-state index contributed by atoms with van der Waals surface area (Å²) in [6, 6.07) is 22.8. The van der Waals surface area contributed by atoms with Gasteiger partial charge in [-0.1, -0.05) is 72.6 Å². The van der Waals surface area contributed by atoms with Crippen LogP contribution in [0.1, 0.15) is 61.9 Å². The van der Waals surface area contributed by atoms with Crippen LogP contribution in [0.25, 0.3) is 5.69 Å². The number of carbonyl (C=O) groups excluding carboxylic acids is 3. The number of carbonyl (C=O) groups is 3. The van der Waals surface area contributed by atoms with E-state index >= 15 is 0 Å². The van der Waals surface area contributed by atoms with Gasteiger partial charge in [-0.15, -0.1) is 5.10 Å². The molecule has 312 valence electrons. The molecule has 2 aliphatic heterocycles. The Bertz CT molecular complexity index is 1880. The van der Waals surface area contributed by atoms with Gasteiger partial charge in [0.2, 0.25) is 5.91 Å². The third-order valence-corrected chi connectivity index (χ3v) is 11.7. The lowest BCUT2D eigenvalue weighted by Gasteiger charge is -2.45. The first kappa shape index (κ1) is 44.5. The summed E-state index contributed by atoms with van der Waals surface area (Å²) >= 11 is 11.2. The molecule has 6 rings (SSSR count). The molecule has 0 N–H and O–H groups in total. The second-order valence-electron chi connectivity index (χ2n) is 15.0. The van der Waals surface area contributed by atoms with Crippen molar-refractivity contribution in [2.24, 2.45) is 5.92 Å². The van der Waals surface area contributed by atoms with Crippen molar-refractivity contribution in [3.63, 3.8) is 0 Å². The van der Waals surface area contributed by atoms with Crippen LogP contribution in [0.15, 0.2) is 79.1 Å². The number of benzene rings is 3. The fourth-order valence-electron chi connectivity index (χ4n) is 7.67. The standard InChI is InChI=1S/C37H52N8O5.C6H4Cl2/c1-5-50-34(46)12-9-18-42-22-24-44(25-23-42)36(48)37(30-10-7-6-8-11-30)16-20-43(21-17-37)19-15-29(2)27-41(3)35(47)32-26-31(13-14-33(32)49-4)45-28-38-39-40-45;7-5-3-1-2-4-6(5)8/h6-8,10-11,13-14,26,28-29H,5,9,12,15-25,27H2,1-4H3;1-4H. The van der Waals surface area contributed by atoms with Gasteiger partial charge in [0.15, 0.2) is 0 Å². The molecule has 2 aliphatic rings. The van der Waals surface area contributed by atoms with Gasteiger partial charge in [-0.25, -0.2) is 4.68 Å². The number of methoxy groups -OCH3 is 1. The minimum Gasteiger partial charge on any atom is -0.496 e. The molecule has 2 fully saturated rings. The van der Waals surface area contributed by atoms with Crippen LogP contribution in [0.5, 0.6) is 5.75 Å². The second kappa shape index (κ2) is 22.0. The molecule has 1 atom stereocenters. The van der Waals surface area contributed by atoms with E-state index in [0.717, 1.165) is 70.5 Å². The van der Waals surface area contributed by atoms with Gasteiger partial charge in [0.1, 0.15) is 12.1 Å². The van der Waals surface area contributed by atoms with Crippen molar-refractivity contribution in [3.05, 3.63) is 100 Å². The zero-order valence-corrected chi connectivity index (χ0v) is 35.6. The number of hydrogen-bond donors (Lipinski definition) is 0. The van der Waals surface area contributed by atoms with E-state index in [9.17, 15) is 14.4 Å². The molecule has 0 saturated carbocycles. The topological polar surface area (TPSA) is 126 Å². The molecule has 4 aromatic rings. The van der Waals surface area contributed by atoms with Crippen LogP contribution >= 0.6 is 23.2 Å². The van der Waals surface area contributed by atoms with Crippen LogP contribution in [-0.4, -0.2) is 137 Å². The van der Waals surface area contributed by atoms with E-state index in [1.807, 2.05) is 50.4 Å². The first-order valence-corrected chi connectivity index (χ1v) is 20.8. The quantitative estimate of drug-likeness (QED) is 0.126. The largest absolute Gasteiger partial charge is 0.496 e. The van der Waals surface area contributed by atoms with Gasteiger partial charge in [0.05, 0.1) is 40.4 Å². The number of hydrogen-bond acceptors (Lipinski definition) is 10. The minimum atomic E-state index is -0.530. The number of aromatic nitrogens is 4. The van der Waals surface area contributed by atoms with Crippen molar-refractivity contribution < 1.29 is 23.9 Å². The van der Waals surface area contributed by atoms with E-state index in [0.29, 0.717) is 59.7 Å². The average Bonchev–Trinajstić information content (AvgIpc) is 3.80. The number of likely N-dealkylation sites (tertiary alicyclic amines) is 1. The van der Waals surface area contributed by atoms with Gasteiger partial charge in [-0.2, -0.15) is 0 Å². The fraction of sp³-hybridized carbons (Fsp3) is 0.488. The number of halogens is 2. The lowest BCUT2D eigenvalue weighted by molar-refractivity contribution is -0.143. The maximum absolute atomic E-state index is 14.3. The Kier molecular flexibility index (Phi) is 16.9. The molecule has 2 saturated heterocycles. The summed E-state index contributed by atoms with van der Waals surface area (Å²) in [6.07, 6.45) is 5.18. The number of ether oxygens (including phenoxy) is 2. The average molecular weight is 836 g/mol. The molecule has 1 aromatic heterocycles. The predicted molar refractivity (Wildman–Crippen MR) is 226 cm³/mol. The van der Waals surface area contributed by atoms with E-state index in [-0.39, 0.29) is 23.7 Å². The zero-order chi connectivity index (χ0) is 41.5. The van der Waals surface area contributed by atoms with Crippen molar-refractivity contribution in [2.75, 3.05) is 79.7 Å². The lowest BCUT2D eigenvalue weighted by Crippen LogP contribution is -2.57. The number of amides is 2. The van der Waals surface area contributed by atoms with Gasteiger partial charge < -0.3 is 24.2 Å². The minimum absolute atomic E-state index is 0.120. The zero-order valence-electron chi connectivity index (χ0n) is 34.1. The SMILES string of the molecule is CCOC(=O)CCCN1CCN(C(=O)C2(c3ccccc3)CCN(CCC(C)CN(C)C(=O)c3cc(-n4cnnn4)ccc3OC)CC2)CC1.Clc1ccccc1Cl. The highest BCUT2D eigenvalue weighted by Gasteiger charge is 2.45. The van der Waals surface area contributed by atoms with Crippen molar-refractivity contribution in [3.8, 4) is 11.4 Å². The van der Waals surface area contributed by atoms with Crippen LogP contribution < -0.4 is 4.74 Å². The summed E-state index contributed by atoms with van der Waals surface area (Å²) in [6.45, 7) is 11.5. The summed E-state index contributed by atoms with van der Waals surface area (Å²) in [4.78, 5) is 48.2. The van der Waals surface area contributed by atoms with Crippen LogP contribution in [0.3, 0.4) is 0 Å². The smallest absolute Gasteiger partial charge is 0.305 e. The molecular formula is C43H56Cl2N8O5. The molecule has 0 radical (unpaired) electrons. The Labute approximate surface area is 352 Å². The summed E-state index contributed by atoms with van der Waals surface area (Å²) in [5.41, 5.74) is 1.72. The second-order valence-corrected chi connectivity index (χ2v) is 15.8. The van der Waals surface area contributed by atoms with E-state index in [2.05, 4.69) is 49.3 Å². The highest BCUT2D eigenvalue weighted by atomic mass is 35.5. The Morgan fingerprint density at radius 3 is 2.14 bits per heavy atom. The van der Waals surface area contributed by atoms with Crippen molar-refractivity contribution in [1.29, 1.82) is 0 Å². The summed E-state index contributed by atoms with van der Waals surface area (Å²) < 4.78 is 12.1. The summed E-state index contributed by atoms with van der Waals surface area (Å²) in [5.74, 6) is 0.751.